The molecule has 1 aromatic carbocycles. The molecule has 1 fully saturated rings. The summed E-state index contributed by atoms with van der Waals surface area (Å²) in [6, 6.07) is 6.60. The number of ether oxygens (including phenoxy) is 1. The van der Waals surface area contributed by atoms with Crippen LogP contribution in [-0.4, -0.2) is 43.4 Å². The van der Waals surface area contributed by atoms with Crippen LogP contribution in [0.1, 0.15) is 33.6 Å². The molecule has 0 saturated carbocycles. The highest BCUT2D eigenvalue weighted by molar-refractivity contribution is 9.10. The minimum absolute atomic E-state index is 0.174. The van der Waals surface area contributed by atoms with E-state index in [1.165, 1.54) is 4.90 Å². The summed E-state index contributed by atoms with van der Waals surface area (Å²) in [5.74, 6) is 0. The molecule has 7 heteroatoms. The molecule has 1 amide bonds. The first-order chi connectivity index (χ1) is 10.6. The van der Waals surface area contributed by atoms with E-state index in [4.69, 9.17) is 4.74 Å². The molecule has 128 valence electrons. The Kier molecular flexibility index (Phi) is 5.41. The first kappa shape index (κ1) is 18.3. The van der Waals surface area contributed by atoms with E-state index in [0.29, 0.717) is 19.4 Å². The molecule has 0 N–H and O–H groups in total. The molecular weight excluding hydrogens is 382 g/mol. The summed E-state index contributed by atoms with van der Waals surface area (Å²) in [5, 5.41) is -0.593. The SMILES string of the molecule is CC(C)(C)OC(=O)N1CCC[C@H](S(=O)(=O)c2ccc(Br)cc2)C1. The van der Waals surface area contributed by atoms with Crippen molar-refractivity contribution in [3.63, 3.8) is 0 Å². The normalized spacial score (nSPS) is 19.5. The number of halogens is 1. The minimum Gasteiger partial charge on any atom is -0.444 e. The summed E-state index contributed by atoms with van der Waals surface area (Å²) in [5.41, 5.74) is -0.589. The Labute approximate surface area is 146 Å². The summed E-state index contributed by atoms with van der Waals surface area (Å²) in [6.45, 7) is 6.09. The lowest BCUT2D eigenvalue weighted by Gasteiger charge is -2.33. The second kappa shape index (κ2) is 6.81. The average molecular weight is 404 g/mol. The zero-order valence-electron chi connectivity index (χ0n) is 13.6. The van der Waals surface area contributed by atoms with Crippen LogP contribution in [0.4, 0.5) is 4.79 Å². The number of nitrogens with zero attached hydrogens (tertiary/aromatic N) is 1. The van der Waals surface area contributed by atoms with Crippen molar-refractivity contribution in [1.82, 2.24) is 4.90 Å². The van der Waals surface area contributed by atoms with E-state index in [-0.39, 0.29) is 11.4 Å². The van der Waals surface area contributed by atoms with Crippen molar-refractivity contribution in [2.75, 3.05) is 13.1 Å². The molecule has 1 aliphatic heterocycles. The summed E-state index contributed by atoms with van der Waals surface area (Å²) < 4.78 is 31.7. The van der Waals surface area contributed by atoms with Crippen molar-refractivity contribution in [2.45, 2.75) is 49.4 Å². The van der Waals surface area contributed by atoms with Crippen molar-refractivity contribution in [1.29, 1.82) is 0 Å². The van der Waals surface area contributed by atoms with Crippen LogP contribution in [0.25, 0.3) is 0 Å². The van der Waals surface area contributed by atoms with Crippen molar-refractivity contribution < 1.29 is 17.9 Å². The van der Waals surface area contributed by atoms with Crippen LogP contribution in [0, 0.1) is 0 Å². The van der Waals surface area contributed by atoms with E-state index in [9.17, 15) is 13.2 Å². The van der Waals surface area contributed by atoms with Crippen LogP contribution in [0.2, 0.25) is 0 Å². The molecule has 23 heavy (non-hydrogen) atoms. The number of hydrogen-bond donors (Lipinski definition) is 0. The molecule has 1 aliphatic rings. The highest BCUT2D eigenvalue weighted by Crippen LogP contribution is 2.26. The van der Waals surface area contributed by atoms with Gasteiger partial charge in [0.2, 0.25) is 0 Å². The molecule has 1 atom stereocenters. The lowest BCUT2D eigenvalue weighted by Crippen LogP contribution is -2.47. The van der Waals surface area contributed by atoms with Gasteiger partial charge in [-0.1, -0.05) is 15.9 Å². The van der Waals surface area contributed by atoms with Crippen molar-refractivity contribution in [3.05, 3.63) is 28.7 Å². The summed E-state index contributed by atoms with van der Waals surface area (Å²) in [6.07, 6.45) is 0.755. The van der Waals surface area contributed by atoms with E-state index in [2.05, 4.69) is 15.9 Å². The smallest absolute Gasteiger partial charge is 0.410 e. The summed E-state index contributed by atoms with van der Waals surface area (Å²) in [7, 11) is -3.46. The number of benzene rings is 1. The molecule has 0 bridgehead atoms. The largest absolute Gasteiger partial charge is 0.444 e. The van der Waals surface area contributed by atoms with Gasteiger partial charge in [-0.2, -0.15) is 0 Å². The number of carbonyl (C=O) groups excluding carboxylic acids is 1. The number of sulfone groups is 1. The van der Waals surface area contributed by atoms with Crippen LogP contribution < -0.4 is 0 Å². The van der Waals surface area contributed by atoms with Gasteiger partial charge in [0.05, 0.1) is 10.1 Å². The molecule has 0 aromatic heterocycles. The van der Waals surface area contributed by atoms with E-state index in [1.807, 2.05) is 0 Å². The van der Waals surface area contributed by atoms with Gasteiger partial charge in [-0.25, -0.2) is 13.2 Å². The topological polar surface area (TPSA) is 63.7 Å². The van der Waals surface area contributed by atoms with E-state index in [0.717, 1.165) is 4.47 Å². The van der Waals surface area contributed by atoms with Crippen LogP contribution >= 0.6 is 15.9 Å². The number of piperidine rings is 1. The second-order valence-electron chi connectivity index (χ2n) is 6.69. The number of carbonyl (C=O) groups is 1. The fourth-order valence-corrected chi connectivity index (χ4v) is 4.52. The highest BCUT2D eigenvalue weighted by atomic mass is 79.9. The Morgan fingerprint density at radius 2 is 1.87 bits per heavy atom. The molecular formula is C16H22BrNO4S. The third kappa shape index (κ3) is 4.70. The Hall–Kier alpha value is -1.08. The predicted octanol–water partition coefficient (Wildman–Crippen LogP) is 3.62. The maximum absolute atomic E-state index is 12.8. The molecule has 0 aliphatic carbocycles. The monoisotopic (exact) mass is 403 g/mol. The van der Waals surface area contributed by atoms with Crippen LogP contribution in [0.5, 0.6) is 0 Å². The quantitative estimate of drug-likeness (QED) is 0.755. The minimum atomic E-state index is -3.46. The molecule has 1 heterocycles. The number of hydrogen-bond acceptors (Lipinski definition) is 4. The third-order valence-electron chi connectivity index (χ3n) is 3.61. The molecule has 1 aromatic rings. The Morgan fingerprint density at radius 3 is 2.43 bits per heavy atom. The van der Waals surface area contributed by atoms with E-state index >= 15 is 0 Å². The molecule has 2 rings (SSSR count). The second-order valence-corrected chi connectivity index (χ2v) is 9.83. The fourth-order valence-electron chi connectivity index (χ4n) is 2.50. The standard InChI is InChI=1S/C16H22BrNO4S/c1-16(2,3)22-15(19)18-10-4-5-14(11-18)23(20,21)13-8-6-12(17)7-9-13/h6-9,14H,4-5,10-11H2,1-3H3/t14-/m0/s1. The van der Waals surface area contributed by atoms with Gasteiger partial charge in [0.25, 0.3) is 0 Å². The zero-order valence-corrected chi connectivity index (χ0v) is 16.0. The average Bonchev–Trinajstić information content (AvgIpc) is 2.46. The van der Waals surface area contributed by atoms with Gasteiger partial charge >= 0.3 is 6.09 Å². The molecule has 0 unspecified atom stereocenters. The van der Waals surface area contributed by atoms with Gasteiger partial charge in [-0.05, 0) is 57.9 Å². The Morgan fingerprint density at radius 1 is 1.26 bits per heavy atom. The Balaban J connectivity index is 2.14. The van der Waals surface area contributed by atoms with Gasteiger partial charge < -0.3 is 9.64 Å². The van der Waals surface area contributed by atoms with Gasteiger partial charge in [-0.15, -0.1) is 0 Å². The highest BCUT2D eigenvalue weighted by Gasteiger charge is 2.35. The zero-order chi connectivity index (χ0) is 17.3. The number of rotatable bonds is 2. The first-order valence-corrected chi connectivity index (χ1v) is 9.91. The van der Waals surface area contributed by atoms with Gasteiger partial charge in [0.15, 0.2) is 9.84 Å². The summed E-state index contributed by atoms with van der Waals surface area (Å²) >= 11 is 3.30. The number of amides is 1. The van der Waals surface area contributed by atoms with Crippen LogP contribution in [0.15, 0.2) is 33.6 Å². The lowest BCUT2D eigenvalue weighted by atomic mass is 10.1. The molecule has 1 saturated heterocycles. The molecule has 5 nitrogen and oxygen atoms in total. The molecule has 0 radical (unpaired) electrons. The predicted molar refractivity (Wildman–Crippen MR) is 92.2 cm³/mol. The van der Waals surface area contributed by atoms with E-state index in [1.54, 1.807) is 45.0 Å². The van der Waals surface area contributed by atoms with E-state index < -0.39 is 26.8 Å². The van der Waals surface area contributed by atoms with Crippen molar-refractivity contribution >= 4 is 31.9 Å². The first-order valence-electron chi connectivity index (χ1n) is 7.57. The van der Waals surface area contributed by atoms with Gasteiger partial charge in [-0.3, -0.25) is 0 Å². The van der Waals surface area contributed by atoms with Crippen LogP contribution in [0.3, 0.4) is 0 Å². The van der Waals surface area contributed by atoms with Gasteiger partial charge in [0.1, 0.15) is 5.60 Å². The maximum Gasteiger partial charge on any atom is 0.410 e. The summed E-state index contributed by atoms with van der Waals surface area (Å²) in [4.78, 5) is 14.0. The van der Waals surface area contributed by atoms with Crippen LogP contribution in [-0.2, 0) is 14.6 Å². The van der Waals surface area contributed by atoms with Crippen molar-refractivity contribution in [3.8, 4) is 0 Å². The molecule has 0 spiro atoms. The van der Waals surface area contributed by atoms with Crippen molar-refractivity contribution in [2.24, 2.45) is 0 Å². The third-order valence-corrected chi connectivity index (χ3v) is 6.33. The lowest BCUT2D eigenvalue weighted by molar-refractivity contribution is 0.0219. The van der Waals surface area contributed by atoms with Gasteiger partial charge in [0, 0.05) is 17.6 Å². The number of likely N-dealkylation sites (tertiary alicyclic amines) is 1. The maximum atomic E-state index is 12.8. The fraction of sp³-hybridized carbons (Fsp3) is 0.562. The Bertz CT molecular complexity index is 664.